The molecule has 0 heterocycles. The molecule has 0 bridgehead atoms. The van der Waals surface area contributed by atoms with Crippen molar-refractivity contribution in [1.29, 1.82) is 0 Å². The van der Waals surface area contributed by atoms with Crippen LogP contribution in [0.4, 0.5) is 0 Å². The van der Waals surface area contributed by atoms with Gasteiger partial charge in [-0.3, -0.25) is 0 Å². The molecule has 0 aliphatic heterocycles. The smallest absolute Gasteiger partial charge is 0.211 e. The van der Waals surface area contributed by atoms with Gasteiger partial charge in [-0.1, -0.05) is 45.4 Å². The van der Waals surface area contributed by atoms with Gasteiger partial charge in [-0.2, -0.15) is 0 Å². The topological polar surface area (TPSA) is 46.2 Å². The third-order valence-electron chi connectivity index (χ3n) is 5.26. The van der Waals surface area contributed by atoms with E-state index in [4.69, 9.17) is 0 Å². The standard InChI is InChI=1S/C19H43N2O2S/c1-6-9-10-11-12-13-14-18-24(22,23)20-19(4)16-15-17-21(5,7-2)8-3/h19-20H,6-18H2,1-5H3/q+1. The van der Waals surface area contributed by atoms with Crippen molar-refractivity contribution >= 4 is 10.0 Å². The first kappa shape index (κ1) is 23.9. The molecule has 1 unspecified atom stereocenters. The number of nitrogens with one attached hydrogen (secondary N) is 1. The van der Waals surface area contributed by atoms with E-state index in [1.807, 2.05) is 6.92 Å². The van der Waals surface area contributed by atoms with E-state index in [0.29, 0.717) is 0 Å². The lowest BCUT2D eigenvalue weighted by Gasteiger charge is -2.32. The molecule has 0 saturated heterocycles. The van der Waals surface area contributed by atoms with E-state index >= 15 is 0 Å². The van der Waals surface area contributed by atoms with Crippen molar-refractivity contribution in [3.63, 3.8) is 0 Å². The average Bonchev–Trinajstić information content (AvgIpc) is 2.53. The predicted molar refractivity (Wildman–Crippen MR) is 106 cm³/mol. The van der Waals surface area contributed by atoms with E-state index in [9.17, 15) is 8.42 Å². The van der Waals surface area contributed by atoms with E-state index < -0.39 is 10.0 Å². The molecular formula is C19H43N2O2S+. The molecule has 0 aromatic rings. The van der Waals surface area contributed by atoms with Crippen molar-refractivity contribution in [3.05, 3.63) is 0 Å². The molecule has 0 aromatic carbocycles. The van der Waals surface area contributed by atoms with Crippen molar-refractivity contribution in [1.82, 2.24) is 4.72 Å². The molecule has 5 heteroatoms. The molecule has 0 amide bonds. The van der Waals surface area contributed by atoms with E-state index in [1.54, 1.807) is 0 Å². The number of hydrogen-bond acceptors (Lipinski definition) is 2. The molecule has 0 rings (SSSR count). The Morgan fingerprint density at radius 3 is 1.96 bits per heavy atom. The van der Waals surface area contributed by atoms with Gasteiger partial charge in [0, 0.05) is 6.04 Å². The number of quaternary nitrogens is 1. The van der Waals surface area contributed by atoms with Crippen LogP contribution in [0, 0.1) is 0 Å². The summed E-state index contributed by atoms with van der Waals surface area (Å²) in [5.41, 5.74) is 0. The van der Waals surface area contributed by atoms with Gasteiger partial charge in [0.25, 0.3) is 0 Å². The highest BCUT2D eigenvalue weighted by molar-refractivity contribution is 7.89. The number of unbranched alkanes of at least 4 members (excludes halogenated alkanes) is 6. The lowest BCUT2D eigenvalue weighted by Crippen LogP contribution is -2.44. The van der Waals surface area contributed by atoms with Gasteiger partial charge in [0.1, 0.15) is 0 Å². The SMILES string of the molecule is CCCCCCCCCS(=O)(=O)NC(C)CCC[N+](C)(CC)CC. The molecule has 0 aliphatic rings. The quantitative estimate of drug-likeness (QED) is 0.328. The Bertz CT molecular complexity index is 392. The van der Waals surface area contributed by atoms with E-state index in [0.717, 1.165) is 56.2 Å². The highest BCUT2D eigenvalue weighted by Crippen LogP contribution is 2.09. The molecule has 1 N–H and O–H groups in total. The highest BCUT2D eigenvalue weighted by Gasteiger charge is 2.18. The Labute approximate surface area is 152 Å². The van der Waals surface area contributed by atoms with Crippen molar-refractivity contribution in [2.24, 2.45) is 0 Å². The lowest BCUT2D eigenvalue weighted by atomic mass is 10.1. The molecule has 0 spiro atoms. The maximum absolute atomic E-state index is 12.1. The van der Waals surface area contributed by atoms with Gasteiger partial charge in [-0.15, -0.1) is 0 Å². The molecule has 24 heavy (non-hydrogen) atoms. The average molecular weight is 364 g/mol. The molecule has 4 nitrogen and oxygen atoms in total. The lowest BCUT2D eigenvalue weighted by molar-refractivity contribution is -0.906. The molecule has 0 saturated carbocycles. The minimum absolute atomic E-state index is 0.0433. The minimum Gasteiger partial charge on any atom is -0.327 e. The molecule has 0 aliphatic carbocycles. The van der Waals surface area contributed by atoms with E-state index in [-0.39, 0.29) is 11.8 Å². The Hall–Kier alpha value is -0.130. The van der Waals surface area contributed by atoms with Gasteiger partial charge >= 0.3 is 0 Å². The van der Waals surface area contributed by atoms with Gasteiger partial charge < -0.3 is 4.48 Å². The van der Waals surface area contributed by atoms with Crippen LogP contribution >= 0.6 is 0 Å². The van der Waals surface area contributed by atoms with Gasteiger partial charge in [-0.25, -0.2) is 13.1 Å². The van der Waals surface area contributed by atoms with Gasteiger partial charge in [0.05, 0.1) is 32.4 Å². The van der Waals surface area contributed by atoms with Crippen molar-refractivity contribution in [3.8, 4) is 0 Å². The summed E-state index contributed by atoms with van der Waals surface area (Å²) in [7, 11) is -0.837. The first-order valence-corrected chi connectivity index (χ1v) is 11.8. The Balaban J connectivity index is 3.88. The summed E-state index contributed by atoms with van der Waals surface area (Å²) < 4.78 is 28.2. The Morgan fingerprint density at radius 1 is 0.875 bits per heavy atom. The van der Waals surface area contributed by atoms with Gasteiger partial charge in [-0.05, 0) is 40.0 Å². The van der Waals surface area contributed by atoms with Crippen LogP contribution in [0.2, 0.25) is 0 Å². The molecular weight excluding hydrogens is 320 g/mol. The van der Waals surface area contributed by atoms with Crippen molar-refractivity contribution in [2.45, 2.75) is 91.5 Å². The molecule has 0 radical (unpaired) electrons. The van der Waals surface area contributed by atoms with Crippen LogP contribution in [0.5, 0.6) is 0 Å². The fourth-order valence-corrected chi connectivity index (χ4v) is 4.43. The summed E-state index contributed by atoms with van der Waals surface area (Å²) in [5, 5.41) is 0. The van der Waals surface area contributed by atoms with E-state index in [1.165, 1.54) is 25.7 Å². The van der Waals surface area contributed by atoms with Crippen LogP contribution in [0.1, 0.15) is 85.5 Å². The Kier molecular flexibility index (Phi) is 13.1. The van der Waals surface area contributed by atoms with E-state index in [2.05, 4.69) is 32.5 Å². The first-order valence-electron chi connectivity index (χ1n) is 10.1. The zero-order valence-electron chi connectivity index (χ0n) is 16.9. The second kappa shape index (κ2) is 13.1. The predicted octanol–water partition coefficient (Wildman–Crippen LogP) is 4.31. The summed E-state index contributed by atoms with van der Waals surface area (Å²) in [6.45, 7) is 12.0. The summed E-state index contributed by atoms with van der Waals surface area (Å²) in [4.78, 5) is 0. The first-order chi connectivity index (χ1) is 11.3. The van der Waals surface area contributed by atoms with Crippen LogP contribution in [0.15, 0.2) is 0 Å². The molecule has 146 valence electrons. The minimum atomic E-state index is -3.11. The summed E-state index contributed by atoms with van der Waals surface area (Å²) in [6, 6.07) is 0.0433. The van der Waals surface area contributed by atoms with Gasteiger partial charge in [0.15, 0.2) is 0 Å². The number of rotatable bonds is 16. The number of hydrogen-bond donors (Lipinski definition) is 1. The third-order valence-corrected chi connectivity index (χ3v) is 6.85. The second-order valence-electron chi connectivity index (χ2n) is 7.58. The summed E-state index contributed by atoms with van der Waals surface area (Å²) >= 11 is 0. The van der Waals surface area contributed by atoms with Crippen LogP contribution in [0.25, 0.3) is 0 Å². The normalized spacial score (nSPS) is 14.0. The second-order valence-corrected chi connectivity index (χ2v) is 9.45. The molecule has 1 atom stereocenters. The van der Waals surface area contributed by atoms with Gasteiger partial charge in [0.2, 0.25) is 10.0 Å². The van der Waals surface area contributed by atoms with Crippen LogP contribution in [-0.2, 0) is 10.0 Å². The summed E-state index contributed by atoms with van der Waals surface area (Å²) in [5.74, 6) is 0.281. The maximum atomic E-state index is 12.1. The third kappa shape index (κ3) is 12.3. The zero-order chi connectivity index (χ0) is 18.5. The van der Waals surface area contributed by atoms with Crippen LogP contribution in [0.3, 0.4) is 0 Å². The van der Waals surface area contributed by atoms with Crippen LogP contribution < -0.4 is 4.72 Å². The zero-order valence-corrected chi connectivity index (χ0v) is 17.8. The summed E-state index contributed by atoms with van der Waals surface area (Å²) in [6.07, 6.45) is 10.0. The largest absolute Gasteiger partial charge is 0.327 e. The number of nitrogens with zero attached hydrogens (tertiary/aromatic N) is 1. The van der Waals surface area contributed by atoms with Crippen molar-refractivity contribution < 1.29 is 12.9 Å². The fourth-order valence-electron chi connectivity index (χ4n) is 2.99. The van der Waals surface area contributed by atoms with Crippen molar-refractivity contribution in [2.75, 3.05) is 32.4 Å². The monoisotopic (exact) mass is 363 g/mol. The Morgan fingerprint density at radius 2 is 1.42 bits per heavy atom. The maximum Gasteiger partial charge on any atom is 0.211 e. The highest BCUT2D eigenvalue weighted by atomic mass is 32.2. The number of sulfonamides is 1. The fraction of sp³-hybridized carbons (Fsp3) is 1.00. The molecule has 0 fully saturated rings. The molecule has 0 aromatic heterocycles. The van der Waals surface area contributed by atoms with Crippen LogP contribution in [-0.4, -0.2) is 51.4 Å².